The molecule has 0 aliphatic heterocycles. The lowest BCUT2D eigenvalue weighted by atomic mass is 10.3. The molecule has 0 unspecified atom stereocenters. The van der Waals surface area contributed by atoms with Crippen molar-refractivity contribution >= 4 is 22.9 Å². The second kappa shape index (κ2) is 4.70. The SMILES string of the molecule is O=C(Cc1cccs1)Nc1ccc[nH+]c1. The fourth-order valence-corrected chi connectivity index (χ4v) is 1.95. The molecule has 0 aromatic carbocycles. The quantitative estimate of drug-likeness (QED) is 0.839. The third kappa shape index (κ3) is 2.89. The van der Waals surface area contributed by atoms with Gasteiger partial charge in [-0.3, -0.25) is 4.79 Å². The zero-order valence-electron chi connectivity index (χ0n) is 8.07. The Labute approximate surface area is 91.8 Å². The topological polar surface area (TPSA) is 43.2 Å². The second-order valence-corrected chi connectivity index (χ2v) is 4.13. The van der Waals surface area contributed by atoms with Gasteiger partial charge in [-0.05, 0) is 17.5 Å². The van der Waals surface area contributed by atoms with E-state index in [2.05, 4.69) is 10.3 Å². The molecule has 2 heterocycles. The molecule has 0 saturated carbocycles. The van der Waals surface area contributed by atoms with Crippen LogP contribution in [0.1, 0.15) is 4.88 Å². The summed E-state index contributed by atoms with van der Waals surface area (Å²) >= 11 is 1.59. The molecule has 2 aromatic heterocycles. The lowest BCUT2D eigenvalue weighted by Gasteiger charge is -2.00. The number of nitrogens with one attached hydrogen (secondary N) is 2. The van der Waals surface area contributed by atoms with Gasteiger partial charge in [0, 0.05) is 10.9 Å². The van der Waals surface area contributed by atoms with E-state index in [1.165, 1.54) is 0 Å². The fourth-order valence-electron chi connectivity index (χ4n) is 1.25. The first-order valence-corrected chi connectivity index (χ1v) is 5.51. The summed E-state index contributed by atoms with van der Waals surface area (Å²) in [4.78, 5) is 15.6. The van der Waals surface area contributed by atoms with Crippen molar-refractivity contribution < 1.29 is 9.78 Å². The number of hydrogen-bond donors (Lipinski definition) is 1. The van der Waals surface area contributed by atoms with Crippen LogP contribution < -0.4 is 10.3 Å². The number of aromatic amines is 1. The average Bonchev–Trinajstić information content (AvgIpc) is 2.71. The molecule has 2 rings (SSSR count). The minimum Gasteiger partial charge on any atom is -0.321 e. The number of carbonyl (C=O) groups is 1. The summed E-state index contributed by atoms with van der Waals surface area (Å²) in [5.74, 6) is 0.0112. The van der Waals surface area contributed by atoms with Crippen molar-refractivity contribution in [2.45, 2.75) is 6.42 Å². The number of hydrogen-bond acceptors (Lipinski definition) is 2. The van der Waals surface area contributed by atoms with Gasteiger partial charge in [0.05, 0.1) is 6.42 Å². The summed E-state index contributed by atoms with van der Waals surface area (Å²) in [6, 6.07) is 7.61. The van der Waals surface area contributed by atoms with Gasteiger partial charge in [-0.1, -0.05) is 6.07 Å². The molecular formula is C11H11N2OS+. The van der Waals surface area contributed by atoms with E-state index in [4.69, 9.17) is 0 Å². The molecule has 0 aliphatic carbocycles. The number of aromatic nitrogens is 1. The standard InChI is InChI=1S/C11H10N2OS/c14-11(7-10-4-2-6-15-10)13-9-3-1-5-12-8-9/h1-6,8H,7H2,(H,13,14)/p+1. The van der Waals surface area contributed by atoms with Crippen LogP contribution in [-0.4, -0.2) is 5.91 Å². The highest BCUT2D eigenvalue weighted by molar-refractivity contribution is 7.10. The molecular weight excluding hydrogens is 208 g/mol. The van der Waals surface area contributed by atoms with E-state index in [0.717, 1.165) is 10.6 Å². The largest absolute Gasteiger partial charge is 0.321 e. The molecule has 15 heavy (non-hydrogen) atoms. The van der Waals surface area contributed by atoms with Crippen LogP contribution in [-0.2, 0) is 11.2 Å². The summed E-state index contributed by atoms with van der Waals surface area (Å²) in [5, 5.41) is 4.79. The minimum atomic E-state index is 0.0112. The average molecular weight is 219 g/mol. The first-order chi connectivity index (χ1) is 7.34. The molecule has 0 aliphatic rings. The van der Waals surface area contributed by atoms with Crippen molar-refractivity contribution in [3.63, 3.8) is 0 Å². The normalized spacial score (nSPS) is 9.87. The molecule has 3 nitrogen and oxygen atoms in total. The summed E-state index contributed by atoms with van der Waals surface area (Å²) in [6.45, 7) is 0. The van der Waals surface area contributed by atoms with E-state index in [1.54, 1.807) is 23.7 Å². The van der Waals surface area contributed by atoms with Gasteiger partial charge in [-0.25, -0.2) is 4.98 Å². The second-order valence-electron chi connectivity index (χ2n) is 3.10. The number of H-pyrrole nitrogens is 1. The Balaban J connectivity index is 1.94. The maximum Gasteiger partial charge on any atom is 0.229 e. The van der Waals surface area contributed by atoms with Gasteiger partial charge in [0.1, 0.15) is 5.69 Å². The lowest BCUT2D eigenvalue weighted by molar-refractivity contribution is -0.377. The van der Waals surface area contributed by atoms with Crippen molar-refractivity contribution in [1.82, 2.24) is 0 Å². The number of rotatable bonds is 3. The highest BCUT2D eigenvalue weighted by atomic mass is 32.1. The predicted molar refractivity (Wildman–Crippen MR) is 59.7 cm³/mol. The Hall–Kier alpha value is -1.68. The first-order valence-electron chi connectivity index (χ1n) is 4.63. The molecule has 4 heteroatoms. The summed E-state index contributed by atoms with van der Waals surface area (Å²) in [7, 11) is 0. The van der Waals surface area contributed by atoms with Crippen LogP contribution in [0.25, 0.3) is 0 Å². The van der Waals surface area contributed by atoms with E-state index in [1.807, 2.05) is 29.6 Å². The Bertz CT molecular complexity index is 425. The molecule has 0 saturated heterocycles. The molecule has 1 amide bonds. The maximum absolute atomic E-state index is 11.6. The molecule has 2 N–H and O–H groups in total. The van der Waals surface area contributed by atoms with Crippen LogP contribution in [0.3, 0.4) is 0 Å². The smallest absolute Gasteiger partial charge is 0.229 e. The Morgan fingerprint density at radius 3 is 3.00 bits per heavy atom. The Kier molecular flexibility index (Phi) is 3.09. The lowest BCUT2D eigenvalue weighted by Crippen LogP contribution is -2.15. The molecule has 0 spiro atoms. The zero-order valence-corrected chi connectivity index (χ0v) is 8.88. The number of anilines is 1. The van der Waals surface area contributed by atoms with Crippen molar-refractivity contribution in [3.05, 3.63) is 46.9 Å². The van der Waals surface area contributed by atoms with Gasteiger partial charge in [-0.15, -0.1) is 11.3 Å². The van der Waals surface area contributed by atoms with E-state index in [0.29, 0.717) is 6.42 Å². The van der Waals surface area contributed by atoms with Crippen LogP contribution >= 0.6 is 11.3 Å². The number of thiophene rings is 1. The van der Waals surface area contributed by atoms with Crippen LogP contribution in [0, 0.1) is 0 Å². The third-order valence-corrected chi connectivity index (χ3v) is 2.78. The van der Waals surface area contributed by atoms with Crippen LogP contribution in [0.5, 0.6) is 0 Å². The molecule has 0 fully saturated rings. The van der Waals surface area contributed by atoms with E-state index < -0.39 is 0 Å². The van der Waals surface area contributed by atoms with E-state index in [-0.39, 0.29) is 5.91 Å². The highest BCUT2D eigenvalue weighted by Gasteiger charge is 2.05. The van der Waals surface area contributed by atoms with Crippen molar-refractivity contribution in [2.24, 2.45) is 0 Å². The monoisotopic (exact) mass is 219 g/mol. The molecule has 0 bridgehead atoms. The van der Waals surface area contributed by atoms with Gasteiger partial charge >= 0.3 is 0 Å². The summed E-state index contributed by atoms with van der Waals surface area (Å²) in [6.07, 6.45) is 3.99. The van der Waals surface area contributed by atoms with Gasteiger partial charge in [-0.2, -0.15) is 0 Å². The number of amides is 1. The number of pyridine rings is 1. The van der Waals surface area contributed by atoms with Gasteiger partial charge in [0.25, 0.3) is 0 Å². The Morgan fingerprint density at radius 1 is 1.40 bits per heavy atom. The van der Waals surface area contributed by atoms with Gasteiger partial charge in [0.15, 0.2) is 12.4 Å². The van der Waals surface area contributed by atoms with Gasteiger partial charge in [0.2, 0.25) is 5.91 Å². The maximum atomic E-state index is 11.6. The highest BCUT2D eigenvalue weighted by Crippen LogP contribution is 2.10. The van der Waals surface area contributed by atoms with Crippen molar-refractivity contribution in [3.8, 4) is 0 Å². The van der Waals surface area contributed by atoms with Gasteiger partial charge < -0.3 is 5.32 Å². The molecule has 2 aromatic rings. The Morgan fingerprint density at radius 2 is 2.33 bits per heavy atom. The third-order valence-electron chi connectivity index (χ3n) is 1.91. The first kappa shape index (κ1) is 9.86. The van der Waals surface area contributed by atoms with E-state index in [9.17, 15) is 4.79 Å². The van der Waals surface area contributed by atoms with Crippen LogP contribution in [0.4, 0.5) is 5.69 Å². The van der Waals surface area contributed by atoms with Crippen LogP contribution in [0.15, 0.2) is 42.0 Å². The van der Waals surface area contributed by atoms with Crippen molar-refractivity contribution in [2.75, 3.05) is 5.32 Å². The van der Waals surface area contributed by atoms with E-state index >= 15 is 0 Å². The zero-order chi connectivity index (χ0) is 10.5. The van der Waals surface area contributed by atoms with Crippen LogP contribution in [0.2, 0.25) is 0 Å². The summed E-state index contributed by atoms with van der Waals surface area (Å²) in [5.41, 5.74) is 0.791. The fraction of sp³-hybridized carbons (Fsp3) is 0.0909. The molecule has 0 atom stereocenters. The minimum absolute atomic E-state index is 0.0112. The molecule has 76 valence electrons. The summed E-state index contributed by atoms with van der Waals surface area (Å²) < 4.78 is 0. The molecule has 0 radical (unpaired) electrons. The number of carbonyl (C=O) groups excluding carboxylic acids is 1. The van der Waals surface area contributed by atoms with Crippen molar-refractivity contribution in [1.29, 1.82) is 0 Å². The predicted octanol–water partition coefficient (Wildman–Crippen LogP) is 1.74.